The molecule has 0 saturated heterocycles. The van der Waals surface area contributed by atoms with Crippen LogP contribution in [0.2, 0.25) is 0 Å². The number of carbonyl (C=O) groups excluding carboxylic acids is 2. The topological polar surface area (TPSA) is 172 Å². The van der Waals surface area contributed by atoms with Gasteiger partial charge in [-0.2, -0.15) is 0 Å². The summed E-state index contributed by atoms with van der Waals surface area (Å²) in [5.74, 6) is -2.44. The van der Waals surface area contributed by atoms with E-state index >= 15 is 0 Å². The molecule has 0 amide bonds. The number of rotatable bonds is 42. The fraction of sp³-hybridized carbons (Fsp3) is 0.688. The van der Waals surface area contributed by atoms with Crippen molar-refractivity contribution in [1.82, 2.24) is 0 Å². The van der Waals surface area contributed by atoms with Crippen molar-refractivity contribution < 1.29 is 47.5 Å². The number of carboxylic acid groups (broad SMARTS) is 1. The SMILES string of the molecule is CCCCC/C=C/C/C=C/C/C=C/C/C=C/CCCCCC(=O)O[C@H](COC(=O)CCCCCCCCC/C=C/C/C=C/CCCCC)COP(=O)(O)OC[C@H](N)C(=O)O. The summed E-state index contributed by atoms with van der Waals surface area (Å²) >= 11 is 0. The van der Waals surface area contributed by atoms with Gasteiger partial charge in [0.25, 0.3) is 0 Å². The average Bonchev–Trinajstić information content (AvgIpc) is 3.22. The van der Waals surface area contributed by atoms with E-state index in [2.05, 4.69) is 91.3 Å². The van der Waals surface area contributed by atoms with Crippen LogP contribution in [-0.2, 0) is 37.5 Å². The fourth-order valence-electron chi connectivity index (χ4n) is 5.78. The summed E-state index contributed by atoms with van der Waals surface area (Å²) in [4.78, 5) is 46.0. The van der Waals surface area contributed by atoms with Gasteiger partial charge in [0.05, 0.1) is 13.2 Å². The number of phosphoric ester groups is 1. The van der Waals surface area contributed by atoms with Crippen LogP contribution in [0, 0.1) is 0 Å². The van der Waals surface area contributed by atoms with E-state index in [0.717, 1.165) is 77.0 Å². The van der Waals surface area contributed by atoms with Gasteiger partial charge in [0.15, 0.2) is 6.10 Å². The monoisotopic (exact) mass is 864 g/mol. The Morgan fingerprint density at radius 1 is 0.517 bits per heavy atom. The van der Waals surface area contributed by atoms with Crippen molar-refractivity contribution in [2.24, 2.45) is 5.73 Å². The van der Waals surface area contributed by atoms with Crippen LogP contribution in [0.5, 0.6) is 0 Å². The van der Waals surface area contributed by atoms with Crippen molar-refractivity contribution in [2.45, 2.75) is 193 Å². The average molecular weight is 864 g/mol. The Bertz CT molecular complexity index is 1290. The van der Waals surface area contributed by atoms with Crippen LogP contribution in [0.15, 0.2) is 72.9 Å². The maximum absolute atomic E-state index is 12.6. The van der Waals surface area contributed by atoms with Gasteiger partial charge >= 0.3 is 25.7 Å². The molecule has 60 heavy (non-hydrogen) atoms. The lowest BCUT2D eigenvalue weighted by Gasteiger charge is -2.20. The van der Waals surface area contributed by atoms with E-state index in [0.29, 0.717) is 12.8 Å². The molecule has 0 saturated carbocycles. The van der Waals surface area contributed by atoms with Gasteiger partial charge < -0.3 is 25.2 Å². The van der Waals surface area contributed by atoms with Crippen LogP contribution in [0.25, 0.3) is 0 Å². The Hall–Kier alpha value is -3.08. The normalized spacial score (nSPS) is 14.3. The fourth-order valence-corrected chi connectivity index (χ4v) is 6.56. The molecule has 11 nitrogen and oxygen atoms in total. The number of nitrogens with two attached hydrogens (primary N) is 1. The van der Waals surface area contributed by atoms with Gasteiger partial charge in [0.1, 0.15) is 12.6 Å². The molecule has 0 aliphatic heterocycles. The van der Waals surface area contributed by atoms with Crippen LogP contribution >= 0.6 is 7.82 Å². The number of phosphoric acid groups is 1. The molecular weight excluding hydrogens is 781 g/mol. The predicted octanol–water partition coefficient (Wildman–Crippen LogP) is 12.5. The lowest BCUT2D eigenvalue weighted by Crippen LogP contribution is -2.34. The number of carboxylic acids is 1. The number of unbranched alkanes of at least 4 members (excludes halogenated alkanes) is 16. The van der Waals surface area contributed by atoms with E-state index < -0.39 is 51.1 Å². The number of carbonyl (C=O) groups is 3. The molecule has 0 aliphatic rings. The van der Waals surface area contributed by atoms with Crippen LogP contribution in [0.1, 0.15) is 181 Å². The number of esters is 2. The van der Waals surface area contributed by atoms with Crippen LogP contribution in [-0.4, -0.2) is 59.9 Å². The van der Waals surface area contributed by atoms with Gasteiger partial charge in [-0.3, -0.25) is 23.4 Å². The van der Waals surface area contributed by atoms with Crippen molar-refractivity contribution in [3.05, 3.63) is 72.9 Å². The molecule has 0 fully saturated rings. The van der Waals surface area contributed by atoms with Crippen molar-refractivity contribution in [3.8, 4) is 0 Å². The van der Waals surface area contributed by atoms with Crippen molar-refractivity contribution in [1.29, 1.82) is 0 Å². The lowest BCUT2D eigenvalue weighted by molar-refractivity contribution is -0.161. The van der Waals surface area contributed by atoms with E-state index in [1.54, 1.807) is 0 Å². The number of aliphatic carboxylic acids is 1. The predicted molar refractivity (Wildman–Crippen MR) is 244 cm³/mol. The molecule has 1 unspecified atom stereocenters. The van der Waals surface area contributed by atoms with Gasteiger partial charge in [-0.15, -0.1) is 0 Å². The molecule has 0 radical (unpaired) electrons. The Balaban J connectivity index is 4.43. The minimum atomic E-state index is -4.73. The molecule has 12 heteroatoms. The Morgan fingerprint density at radius 2 is 0.883 bits per heavy atom. The minimum Gasteiger partial charge on any atom is -0.480 e. The summed E-state index contributed by atoms with van der Waals surface area (Å²) in [6.45, 7) is 2.71. The highest BCUT2D eigenvalue weighted by Crippen LogP contribution is 2.43. The molecular formula is C48H82NO10P. The first-order chi connectivity index (χ1) is 29.1. The summed E-state index contributed by atoms with van der Waals surface area (Å²) < 4.78 is 32.7. The zero-order valence-corrected chi connectivity index (χ0v) is 38.2. The maximum atomic E-state index is 12.6. The van der Waals surface area contributed by atoms with E-state index in [1.165, 1.54) is 64.2 Å². The summed E-state index contributed by atoms with van der Waals surface area (Å²) in [7, 11) is -4.73. The summed E-state index contributed by atoms with van der Waals surface area (Å²) in [5.41, 5.74) is 5.34. The third-order valence-electron chi connectivity index (χ3n) is 9.43. The van der Waals surface area contributed by atoms with Crippen LogP contribution in [0.3, 0.4) is 0 Å². The number of allylic oxidation sites excluding steroid dienone is 12. The molecule has 3 atom stereocenters. The van der Waals surface area contributed by atoms with Crippen molar-refractivity contribution >= 4 is 25.7 Å². The molecule has 0 heterocycles. The minimum absolute atomic E-state index is 0.118. The Kier molecular flexibility index (Phi) is 40.4. The maximum Gasteiger partial charge on any atom is 0.472 e. The molecule has 4 N–H and O–H groups in total. The lowest BCUT2D eigenvalue weighted by atomic mass is 10.1. The number of hydrogen-bond acceptors (Lipinski definition) is 9. The summed E-state index contributed by atoms with van der Waals surface area (Å²) in [5, 5.41) is 8.90. The van der Waals surface area contributed by atoms with E-state index in [1.807, 2.05) is 0 Å². The second-order valence-corrected chi connectivity index (χ2v) is 16.6. The standard InChI is InChI=1S/C48H82NO10P/c1-3-5-7-9-11-13-15-17-19-21-22-24-26-28-30-32-34-36-38-40-47(51)59-44(42-57-60(54,55)58-43-45(49)48(52)53)41-56-46(50)39-37-35-33-31-29-27-25-23-20-18-16-14-12-10-8-6-4-2/h11-14,17-20,22,24,28,30,44-45H,3-10,15-16,21,23,25-27,29,31-43,49H2,1-2H3,(H,52,53)(H,54,55)/b13-11+,14-12+,19-17+,20-18+,24-22+,30-28+/t44-,45+/m1/s1. The highest BCUT2D eigenvalue weighted by atomic mass is 31.2. The first-order valence-electron chi connectivity index (χ1n) is 23.0. The Labute approximate surface area is 363 Å². The summed E-state index contributed by atoms with van der Waals surface area (Å²) in [6, 6.07) is -1.53. The second kappa shape index (κ2) is 42.6. The largest absolute Gasteiger partial charge is 0.480 e. The number of hydrogen-bond donors (Lipinski definition) is 3. The molecule has 0 aromatic rings. The van der Waals surface area contributed by atoms with Gasteiger partial charge in [-0.25, -0.2) is 4.57 Å². The van der Waals surface area contributed by atoms with E-state index in [-0.39, 0.29) is 19.4 Å². The molecule has 0 aliphatic carbocycles. The first-order valence-corrected chi connectivity index (χ1v) is 24.5. The van der Waals surface area contributed by atoms with Crippen LogP contribution < -0.4 is 5.73 Å². The van der Waals surface area contributed by atoms with Gasteiger partial charge in [-0.05, 0) is 89.9 Å². The Morgan fingerprint density at radius 3 is 1.33 bits per heavy atom. The highest BCUT2D eigenvalue weighted by molar-refractivity contribution is 7.47. The van der Waals surface area contributed by atoms with Gasteiger partial charge in [0.2, 0.25) is 0 Å². The second-order valence-electron chi connectivity index (χ2n) is 15.2. The summed E-state index contributed by atoms with van der Waals surface area (Å²) in [6.07, 6.45) is 51.0. The molecule has 344 valence electrons. The van der Waals surface area contributed by atoms with Crippen molar-refractivity contribution in [2.75, 3.05) is 19.8 Å². The van der Waals surface area contributed by atoms with Crippen LogP contribution in [0.4, 0.5) is 0 Å². The molecule has 0 aromatic heterocycles. The quantitative estimate of drug-likeness (QED) is 0.0231. The van der Waals surface area contributed by atoms with Gasteiger partial charge in [-0.1, -0.05) is 151 Å². The zero-order chi connectivity index (χ0) is 44.2. The third kappa shape index (κ3) is 41.6. The third-order valence-corrected chi connectivity index (χ3v) is 10.4. The van der Waals surface area contributed by atoms with E-state index in [9.17, 15) is 23.8 Å². The zero-order valence-electron chi connectivity index (χ0n) is 37.3. The molecule has 0 spiro atoms. The van der Waals surface area contributed by atoms with Crippen molar-refractivity contribution in [3.63, 3.8) is 0 Å². The first kappa shape index (κ1) is 56.9. The highest BCUT2D eigenvalue weighted by Gasteiger charge is 2.28. The van der Waals surface area contributed by atoms with E-state index in [4.69, 9.17) is 24.8 Å². The molecule has 0 rings (SSSR count). The smallest absolute Gasteiger partial charge is 0.472 e. The number of ether oxygens (including phenoxy) is 2. The van der Waals surface area contributed by atoms with Gasteiger partial charge in [0, 0.05) is 12.8 Å². The molecule has 0 bridgehead atoms. The molecule has 0 aromatic carbocycles.